The summed E-state index contributed by atoms with van der Waals surface area (Å²) >= 11 is 3.36. The van der Waals surface area contributed by atoms with Crippen LogP contribution in [0.2, 0.25) is 0 Å². The van der Waals surface area contributed by atoms with Crippen molar-refractivity contribution in [1.29, 1.82) is 0 Å². The number of hydrogen-bond donors (Lipinski definition) is 1. The van der Waals surface area contributed by atoms with E-state index in [4.69, 9.17) is 9.47 Å². The Morgan fingerprint density at radius 2 is 2.00 bits per heavy atom. The number of esters is 2. The van der Waals surface area contributed by atoms with E-state index in [2.05, 4.69) is 15.9 Å². The maximum Gasteiger partial charge on any atom is 0.334 e. The van der Waals surface area contributed by atoms with Gasteiger partial charge in [-0.3, -0.25) is 4.79 Å². The number of carbonyl (C=O) groups is 2. The molecular weight excluding hydrogens is 388 g/mol. The van der Waals surface area contributed by atoms with Crippen molar-refractivity contribution in [2.75, 3.05) is 13.2 Å². The fourth-order valence-corrected chi connectivity index (χ4v) is 2.76. The monoisotopic (exact) mass is 410 g/mol. The lowest BCUT2D eigenvalue weighted by atomic mass is 9.92. The summed E-state index contributed by atoms with van der Waals surface area (Å²) in [6, 6.07) is 7.49. The second-order valence-corrected chi connectivity index (χ2v) is 8.44. The molecule has 136 valence electrons. The summed E-state index contributed by atoms with van der Waals surface area (Å²) in [5, 5.41) is 9.70. The first-order chi connectivity index (χ1) is 11.6. The Labute approximate surface area is 156 Å². The highest BCUT2D eigenvalue weighted by atomic mass is 79.9. The number of aliphatic hydroxyl groups excluding tert-OH is 1. The third kappa shape index (κ3) is 5.68. The fourth-order valence-electron chi connectivity index (χ4n) is 2.50. The normalized spacial score (nSPS) is 22.1. The van der Waals surface area contributed by atoms with Crippen molar-refractivity contribution < 1.29 is 24.2 Å². The van der Waals surface area contributed by atoms with Crippen LogP contribution in [0.25, 0.3) is 6.08 Å². The van der Waals surface area contributed by atoms with Crippen LogP contribution in [-0.2, 0) is 19.1 Å². The third-order valence-corrected chi connectivity index (χ3v) is 4.28. The molecule has 1 fully saturated rings. The third-order valence-electron chi connectivity index (χ3n) is 3.75. The molecule has 0 radical (unpaired) electrons. The molecule has 5 nitrogen and oxygen atoms in total. The molecule has 0 amide bonds. The molecule has 0 saturated carbocycles. The molecule has 2 rings (SSSR count). The lowest BCUT2D eigenvalue weighted by Gasteiger charge is -2.25. The van der Waals surface area contributed by atoms with Gasteiger partial charge in [0.25, 0.3) is 0 Å². The van der Waals surface area contributed by atoms with E-state index in [1.165, 1.54) is 0 Å². The van der Waals surface area contributed by atoms with Gasteiger partial charge in [0.15, 0.2) is 5.60 Å². The van der Waals surface area contributed by atoms with Crippen molar-refractivity contribution in [3.8, 4) is 0 Å². The van der Waals surface area contributed by atoms with Crippen LogP contribution in [0, 0.1) is 5.41 Å². The summed E-state index contributed by atoms with van der Waals surface area (Å²) < 4.78 is 11.5. The predicted octanol–water partition coefficient (Wildman–Crippen LogP) is 3.49. The van der Waals surface area contributed by atoms with E-state index < -0.39 is 18.2 Å². The van der Waals surface area contributed by atoms with Crippen LogP contribution < -0.4 is 0 Å². The Hall–Kier alpha value is -1.66. The number of halogens is 1. The van der Waals surface area contributed by atoms with Gasteiger partial charge >= 0.3 is 11.9 Å². The second kappa shape index (κ2) is 7.70. The number of hydrogen-bond acceptors (Lipinski definition) is 5. The lowest BCUT2D eigenvalue weighted by molar-refractivity contribution is -0.167. The van der Waals surface area contributed by atoms with E-state index in [1.54, 1.807) is 6.08 Å². The van der Waals surface area contributed by atoms with Crippen LogP contribution in [0.5, 0.6) is 0 Å². The number of aliphatic hydroxyl groups is 1. The molecule has 0 aromatic heterocycles. The van der Waals surface area contributed by atoms with Crippen molar-refractivity contribution in [3.63, 3.8) is 0 Å². The van der Waals surface area contributed by atoms with Gasteiger partial charge in [-0.25, -0.2) is 4.79 Å². The number of ether oxygens (including phenoxy) is 2. The van der Waals surface area contributed by atoms with Crippen molar-refractivity contribution in [2.24, 2.45) is 5.41 Å². The Bertz CT molecular complexity index is 672. The molecule has 0 bridgehead atoms. The van der Waals surface area contributed by atoms with Gasteiger partial charge in [-0.05, 0) is 29.2 Å². The zero-order valence-corrected chi connectivity index (χ0v) is 16.3. The number of rotatable bonds is 5. The first-order valence-corrected chi connectivity index (χ1v) is 8.88. The van der Waals surface area contributed by atoms with Gasteiger partial charge in [0.2, 0.25) is 0 Å². The van der Waals surface area contributed by atoms with E-state index in [0.29, 0.717) is 5.57 Å². The molecule has 1 aliphatic rings. The first-order valence-electron chi connectivity index (χ1n) is 8.08. The summed E-state index contributed by atoms with van der Waals surface area (Å²) in [6.45, 7) is 5.25. The summed E-state index contributed by atoms with van der Waals surface area (Å²) in [5.41, 5.74) is -0.0919. The minimum absolute atomic E-state index is 0.151. The molecule has 1 saturated heterocycles. The first kappa shape index (κ1) is 19.7. The average Bonchev–Trinajstić information content (AvgIpc) is 2.83. The molecule has 1 unspecified atom stereocenters. The lowest BCUT2D eigenvalue weighted by Crippen LogP contribution is -2.39. The Morgan fingerprint density at radius 3 is 2.56 bits per heavy atom. The van der Waals surface area contributed by atoms with Gasteiger partial charge in [-0.15, -0.1) is 0 Å². The molecular formula is C19H23BrO5. The average molecular weight is 411 g/mol. The predicted molar refractivity (Wildman–Crippen MR) is 97.7 cm³/mol. The van der Waals surface area contributed by atoms with Crippen molar-refractivity contribution in [3.05, 3.63) is 39.9 Å². The highest BCUT2D eigenvalue weighted by Crippen LogP contribution is 2.33. The van der Waals surface area contributed by atoms with Crippen LogP contribution >= 0.6 is 15.9 Å². The number of carbonyl (C=O) groups excluding carboxylic acids is 2. The SMILES string of the molecule is CC(C)(C)CC(=O)OCC1(CO)C/C(=C\c2ccc(Br)cc2)C(=O)O1. The van der Waals surface area contributed by atoms with E-state index in [0.717, 1.165) is 10.0 Å². The Morgan fingerprint density at radius 1 is 1.36 bits per heavy atom. The second-order valence-electron chi connectivity index (χ2n) is 7.53. The standard InChI is InChI=1S/C19H23BrO5/c1-18(2,3)10-16(22)24-12-19(11-21)9-14(17(23)25-19)8-13-4-6-15(20)7-5-13/h4-8,21H,9-12H2,1-3H3/b14-8+. The van der Waals surface area contributed by atoms with E-state index in [1.807, 2.05) is 45.0 Å². The van der Waals surface area contributed by atoms with Gasteiger partial charge in [0.05, 0.1) is 13.0 Å². The summed E-state index contributed by atoms with van der Waals surface area (Å²) in [4.78, 5) is 24.0. The molecule has 1 atom stereocenters. The molecule has 1 heterocycles. The smallest absolute Gasteiger partial charge is 0.334 e. The van der Waals surface area contributed by atoms with Gasteiger partial charge < -0.3 is 14.6 Å². The van der Waals surface area contributed by atoms with Crippen LogP contribution in [-0.4, -0.2) is 35.9 Å². The molecule has 1 aromatic rings. The van der Waals surface area contributed by atoms with Gasteiger partial charge in [0.1, 0.15) is 6.61 Å². The molecule has 6 heteroatoms. The fraction of sp³-hybridized carbons (Fsp3) is 0.474. The van der Waals surface area contributed by atoms with Crippen molar-refractivity contribution in [2.45, 2.75) is 39.2 Å². The van der Waals surface area contributed by atoms with Crippen LogP contribution in [0.4, 0.5) is 0 Å². The maximum absolute atomic E-state index is 12.1. The van der Waals surface area contributed by atoms with Crippen molar-refractivity contribution >= 4 is 33.9 Å². The minimum atomic E-state index is -1.20. The number of benzene rings is 1. The quantitative estimate of drug-likeness (QED) is 0.593. The molecule has 1 aromatic carbocycles. The molecule has 0 spiro atoms. The van der Waals surface area contributed by atoms with Gasteiger partial charge in [0, 0.05) is 16.5 Å². The molecule has 0 aliphatic carbocycles. The van der Waals surface area contributed by atoms with Crippen LogP contribution in [0.3, 0.4) is 0 Å². The molecule has 1 N–H and O–H groups in total. The summed E-state index contributed by atoms with van der Waals surface area (Å²) in [5.74, 6) is -0.870. The van der Waals surface area contributed by atoms with Crippen LogP contribution in [0.15, 0.2) is 34.3 Å². The topological polar surface area (TPSA) is 72.8 Å². The number of cyclic esters (lactones) is 1. The molecule has 1 aliphatic heterocycles. The minimum Gasteiger partial charge on any atom is -0.461 e. The zero-order valence-electron chi connectivity index (χ0n) is 14.7. The highest BCUT2D eigenvalue weighted by Gasteiger charge is 2.44. The van der Waals surface area contributed by atoms with Crippen LogP contribution in [0.1, 0.15) is 39.2 Å². The zero-order chi connectivity index (χ0) is 18.7. The van der Waals surface area contributed by atoms with E-state index in [-0.39, 0.29) is 30.8 Å². The summed E-state index contributed by atoms with van der Waals surface area (Å²) in [7, 11) is 0. The van der Waals surface area contributed by atoms with Crippen molar-refractivity contribution in [1.82, 2.24) is 0 Å². The Balaban J connectivity index is 2.06. The Kier molecular flexibility index (Phi) is 6.06. The van der Waals surface area contributed by atoms with E-state index >= 15 is 0 Å². The molecule has 25 heavy (non-hydrogen) atoms. The maximum atomic E-state index is 12.1. The van der Waals surface area contributed by atoms with Gasteiger partial charge in [-0.1, -0.05) is 48.8 Å². The largest absolute Gasteiger partial charge is 0.461 e. The highest BCUT2D eigenvalue weighted by molar-refractivity contribution is 9.10. The summed E-state index contributed by atoms with van der Waals surface area (Å²) in [6.07, 6.45) is 2.17. The van der Waals surface area contributed by atoms with Gasteiger partial charge in [-0.2, -0.15) is 0 Å². The van der Waals surface area contributed by atoms with E-state index in [9.17, 15) is 14.7 Å².